The van der Waals surface area contributed by atoms with Gasteiger partial charge in [-0.25, -0.2) is 13.4 Å². The van der Waals surface area contributed by atoms with Crippen molar-refractivity contribution in [2.45, 2.75) is 55.4 Å². The summed E-state index contributed by atoms with van der Waals surface area (Å²) in [4.78, 5) is 28.1. The highest BCUT2D eigenvalue weighted by atomic mass is 32.2. The smallest absolute Gasteiger partial charge is 0.262 e. The number of carbonyl (C=O) groups is 2. The van der Waals surface area contributed by atoms with Crippen LogP contribution in [0, 0.1) is 0 Å². The lowest BCUT2D eigenvalue weighted by Crippen LogP contribution is -2.51. The number of rotatable bonds is 13. The van der Waals surface area contributed by atoms with E-state index in [1.54, 1.807) is 11.6 Å². The van der Waals surface area contributed by atoms with Crippen LogP contribution >= 0.6 is 0 Å². The van der Waals surface area contributed by atoms with Gasteiger partial charge in [0.1, 0.15) is 0 Å². The third-order valence-corrected chi connectivity index (χ3v) is 7.79. The van der Waals surface area contributed by atoms with Crippen molar-refractivity contribution in [3.63, 3.8) is 0 Å². The number of nitrogens with one attached hydrogen (secondary N) is 2. The number of ether oxygens (including phenoxy) is 1. The predicted octanol–water partition coefficient (Wildman–Crippen LogP) is 0.204. The number of sulfonamides is 1. The van der Waals surface area contributed by atoms with Crippen LogP contribution in [0.4, 0.5) is 0 Å². The van der Waals surface area contributed by atoms with E-state index in [1.165, 1.54) is 23.9 Å². The Morgan fingerprint density at radius 1 is 1.25 bits per heavy atom. The molecule has 198 valence electrons. The highest BCUT2D eigenvalue weighted by molar-refractivity contribution is 7.89. The van der Waals surface area contributed by atoms with Crippen LogP contribution in [0.2, 0.25) is 0 Å². The van der Waals surface area contributed by atoms with Crippen LogP contribution in [-0.4, -0.2) is 84.2 Å². The van der Waals surface area contributed by atoms with Crippen LogP contribution in [0.25, 0.3) is 0 Å². The summed E-state index contributed by atoms with van der Waals surface area (Å²) >= 11 is 0. The van der Waals surface area contributed by atoms with Crippen LogP contribution in [-0.2, 0) is 37.8 Å². The van der Waals surface area contributed by atoms with Crippen LogP contribution in [0.1, 0.15) is 31.2 Å². The minimum atomic E-state index is -4.03. The van der Waals surface area contributed by atoms with Crippen molar-refractivity contribution in [2.24, 2.45) is 7.05 Å². The number of aliphatic hydroxyl groups is 1. The summed E-state index contributed by atoms with van der Waals surface area (Å²) in [7, 11) is -0.858. The maximum atomic E-state index is 13.4. The van der Waals surface area contributed by atoms with E-state index in [2.05, 4.69) is 15.6 Å². The summed E-state index contributed by atoms with van der Waals surface area (Å²) in [5.41, 5.74) is 0.867. The van der Waals surface area contributed by atoms with Gasteiger partial charge in [-0.15, -0.1) is 0 Å². The minimum absolute atomic E-state index is 0.00961. The van der Waals surface area contributed by atoms with Gasteiger partial charge in [0, 0.05) is 52.8 Å². The molecular formula is C24H35N5O6S. The third kappa shape index (κ3) is 7.85. The van der Waals surface area contributed by atoms with Crippen molar-refractivity contribution in [2.75, 3.05) is 26.7 Å². The Balaban J connectivity index is 1.80. The number of hydrogen-bond acceptors (Lipinski definition) is 7. The van der Waals surface area contributed by atoms with Crippen LogP contribution in [0.3, 0.4) is 0 Å². The molecule has 2 heterocycles. The first-order valence-electron chi connectivity index (χ1n) is 12.0. The zero-order valence-corrected chi connectivity index (χ0v) is 21.5. The Hall–Kier alpha value is -2.80. The molecule has 0 spiro atoms. The fourth-order valence-electron chi connectivity index (χ4n) is 4.06. The second-order valence-corrected chi connectivity index (χ2v) is 10.8. The number of hydrogen-bond donors (Lipinski definition) is 3. The lowest BCUT2D eigenvalue weighted by atomic mass is 10.0. The lowest BCUT2D eigenvalue weighted by molar-refractivity contribution is -0.127. The molecule has 36 heavy (non-hydrogen) atoms. The number of carbonyl (C=O) groups excluding carboxylic acids is 2. The number of benzene rings is 1. The van der Waals surface area contributed by atoms with E-state index in [4.69, 9.17) is 4.74 Å². The largest absolute Gasteiger partial charge is 0.390 e. The highest BCUT2D eigenvalue weighted by Gasteiger charge is 2.34. The molecule has 1 aromatic heterocycles. The fraction of sp³-hybridized carbons (Fsp3) is 0.542. The quantitative estimate of drug-likeness (QED) is 0.342. The Morgan fingerprint density at radius 3 is 2.58 bits per heavy atom. The van der Waals surface area contributed by atoms with Crippen LogP contribution in [0.5, 0.6) is 0 Å². The summed E-state index contributed by atoms with van der Waals surface area (Å²) in [5, 5.41) is 16.4. The zero-order valence-electron chi connectivity index (χ0n) is 20.7. The van der Waals surface area contributed by atoms with Gasteiger partial charge in [-0.3, -0.25) is 9.59 Å². The molecule has 3 rings (SSSR count). The van der Waals surface area contributed by atoms with Gasteiger partial charge < -0.3 is 25.0 Å². The van der Waals surface area contributed by atoms with Gasteiger partial charge in [-0.1, -0.05) is 30.3 Å². The summed E-state index contributed by atoms with van der Waals surface area (Å²) in [6.45, 7) is 0.368. The molecule has 12 heteroatoms. The fourth-order valence-corrected chi connectivity index (χ4v) is 5.51. The van der Waals surface area contributed by atoms with Gasteiger partial charge in [0.2, 0.25) is 11.8 Å². The first-order valence-corrected chi connectivity index (χ1v) is 13.4. The number of amides is 2. The number of nitrogens with zero attached hydrogens (tertiary/aromatic N) is 3. The van der Waals surface area contributed by atoms with Crippen molar-refractivity contribution >= 4 is 21.8 Å². The van der Waals surface area contributed by atoms with Crippen molar-refractivity contribution in [3.05, 3.63) is 48.4 Å². The standard InChI is InChI=1S/C24H35N5O6S/c1-25-22(31)10-11-23(32)27-20(13-18-7-4-3-5-8-18)21(30)15-29(14-19-9-6-12-35-19)36(33,34)24-16-28(2)17-26-24/h3-5,7-8,16-17,19-21,30H,6,9-15H2,1-2H3,(H,25,31)(H,27,32)/t19-,20?,21?/m0/s1. The number of aromatic nitrogens is 2. The molecular weight excluding hydrogens is 486 g/mol. The first kappa shape index (κ1) is 27.8. The molecule has 1 saturated heterocycles. The normalized spacial score (nSPS) is 17.6. The van der Waals surface area contributed by atoms with Gasteiger partial charge in [0.05, 0.1) is 24.6 Å². The van der Waals surface area contributed by atoms with Crippen molar-refractivity contribution < 1.29 is 27.9 Å². The molecule has 2 aromatic rings. The molecule has 3 atom stereocenters. The molecule has 1 aliphatic rings. The molecule has 1 aliphatic heterocycles. The Labute approximate surface area is 211 Å². The number of imidazole rings is 1. The average Bonchev–Trinajstić information content (AvgIpc) is 3.54. The first-order chi connectivity index (χ1) is 17.2. The van der Waals surface area contributed by atoms with E-state index in [0.29, 0.717) is 13.0 Å². The topological polar surface area (TPSA) is 143 Å². The van der Waals surface area contributed by atoms with Crippen molar-refractivity contribution in [3.8, 4) is 0 Å². The van der Waals surface area contributed by atoms with E-state index in [-0.39, 0.29) is 49.4 Å². The maximum Gasteiger partial charge on any atom is 0.262 e. The number of aryl methyl sites for hydroxylation is 1. The SMILES string of the molecule is CNC(=O)CCC(=O)NC(Cc1ccccc1)C(O)CN(C[C@@H]1CCCO1)S(=O)(=O)c1cn(C)cn1. The van der Waals surface area contributed by atoms with Gasteiger partial charge in [-0.05, 0) is 24.8 Å². The summed E-state index contributed by atoms with van der Waals surface area (Å²) in [6.07, 6.45) is 3.09. The van der Waals surface area contributed by atoms with E-state index in [1.807, 2.05) is 30.3 Å². The molecule has 2 amide bonds. The predicted molar refractivity (Wildman–Crippen MR) is 132 cm³/mol. The molecule has 0 aliphatic carbocycles. The third-order valence-electron chi connectivity index (χ3n) is 6.07. The Kier molecular flexibility index (Phi) is 9.99. The summed E-state index contributed by atoms with van der Waals surface area (Å²) < 4.78 is 35.3. The van der Waals surface area contributed by atoms with Gasteiger partial charge in [-0.2, -0.15) is 4.31 Å². The molecule has 0 bridgehead atoms. The Bertz CT molecular complexity index is 1100. The molecule has 0 saturated carbocycles. The molecule has 1 fully saturated rings. The van der Waals surface area contributed by atoms with Gasteiger partial charge in [0.15, 0.2) is 5.03 Å². The van der Waals surface area contributed by atoms with Crippen LogP contribution in [0.15, 0.2) is 47.9 Å². The van der Waals surface area contributed by atoms with E-state index < -0.39 is 28.1 Å². The van der Waals surface area contributed by atoms with E-state index in [0.717, 1.165) is 12.0 Å². The zero-order chi connectivity index (χ0) is 26.1. The van der Waals surface area contributed by atoms with Gasteiger partial charge >= 0.3 is 0 Å². The van der Waals surface area contributed by atoms with Crippen molar-refractivity contribution in [1.29, 1.82) is 0 Å². The second-order valence-electron chi connectivity index (χ2n) is 8.94. The second kappa shape index (κ2) is 12.9. The maximum absolute atomic E-state index is 13.4. The molecule has 0 radical (unpaired) electrons. The molecule has 2 unspecified atom stereocenters. The minimum Gasteiger partial charge on any atom is -0.390 e. The van der Waals surface area contributed by atoms with Gasteiger partial charge in [0.25, 0.3) is 10.0 Å². The van der Waals surface area contributed by atoms with Crippen LogP contribution < -0.4 is 10.6 Å². The molecule has 3 N–H and O–H groups in total. The number of aliphatic hydroxyl groups excluding tert-OH is 1. The molecule has 11 nitrogen and oxygen atoms in total. The monoisotopic (exact) mass is 521 g/mol. The summed E-state index contributed by atoms with van der Waals surface area (Å²) in [5.74, 6) is -0.675. The average molecular weight is 522 g/mol. The van der Waals surface area contributed by atoms with Crippen molar-refractivity contribution in [1.82, 2.24) is 24.5 Å². The van der Waals surface area contributed by atoms with E-state index in [9.17, 15) is 23.1 Å². The molecule has 1 aromatic carbocycles. The van der Waals surface area contributed by atoms with E-state index >= 15 is 0 Å². The Morgan fingerprint density at radius 2 is 1.97 bits per heavy atom. The lowest BCUT2D eigenvalue weighted by Gasteiger charge is -2.30. The summed E-state index contributed by atoms with van der Waals surface area (Å²) in [6, 6.07) is 8.51. The highest BCUT2D eigenvalue weighted by Crippen LogP contribution is 2.20.